The highest BCUT2D eigenvalue weighted by Gasteiger charge is 2.56. The molecular weight excluding hydrogens is 333 g/mol. The summed E-state index contributed by atoms with van der Waals surface area (Å²) >= 11 is 0. The first kappa shape index (κ1) is 15.8. The summed E-state index contributed by atoms with van der Waals surface area (Å²) in [6.45, 7) is 2.50. The lowest BCUT2D eigenvalue weighted by Crippen LogP contribution is -2.45. The Morgan fingerprint density at radius 3 is 2.77 bits per heavy atom. The van der Waals surface area contributed by atoms with Crippen molar-refractivity contribution in [3.05, 3.63) is 48.0 Å². The number of benzene rings is 1. The third kappa shape index (κ3) is 2.49. The molecule has 2 bridgehead atoms. The number of urea groups is 1. The highest BCUT2D eigenvalue weighted by Crippen LogP contribution is 2.47. The molecule has 2 aromatic rings. The Morgan fingerprint density at radius 1 is 1.27 bits per heavy atom. The molecular formula is C19H22FN5O. The monoisotopic (exact) mass is 355 g/mol. The smallest absolute Gasteiger partial charge is 0.318 e. The molecule has 0 saturated carbocycles. The van der Waals surface area contributed by atoms with Gasteiger partial charge in [0.2, 0.25) is 0 Å². The first-order valence-corrected chi connectivity index (χ1v) is 9.27. The number of fused-ring (bicyclic) bond motifs is 5. The SMILES string of the molecule is O=C(NCc1cnn(-c2cccc(F)c2)c1)N1[C@@H]2CC[C@H]1[C@H]1CNC[C@H]12. The fourth-order valence-corrected chi connectivity index (χ4v) is 5.05. The number of nitrogens with one attached hydrogen (secondary N) is 2. The molecule has 26 heavy (non-hydrogen) atoms. The Bertz CT molecular complexity index is 819. The highest BCUT2D eigenvalue weighted by atomic mass is 19.1. The lowest BCUT2D eigenvalue weighted by Gasteiger charge is -2.24. The minimum atomic E-state index is -0.294. The molecule has 3 fully saturated rings. The molecule has 0 spiro atoms. The van der Waals surface area contributed by atoms with E-state index in [-0.39, 0.29) is 11.8 Å². The van der Waals surface area contributed by atoms with Crippen LogP contribution >= 0.6 is 0 Å². The lowest BCUT2D eigenvalue weighted by atomic mass is 9.82. The van der Waals surface area contributed by atoms with Crippen molar-refractivity contribution >= 4 is 6.03 Å². The number of carbonyl (C=O) groups excluding carboxylic acids is 1. The van der Waals surface area contributed by atoms with Crippen LogP contribution in [0.1, 0.15) is 18.4 Å². The molecule has 4 heterocycles. The molecule has 7 heteroatoms. The zero-order valence-electron chi connectivity index (χ0n) is 14.4. The highest BCUT2D eigenvalue weighted by molar-refractivity contribution is 5.76. The first-order chi connectivity index (χ1) is 12.7. The molecule has 1 aromatic carbocycles. The van der Waals surface area contributed by atoms with Crippen molar-refractivity contribution in [2.45, 2.75) is 31.5 Å². The van der Waals surface area contributed by atoms with Gasteiger partial charge in [-0.25, -0.2) is 13.9 Å². The summed E-state index contributed by atoms with van der Waals surface area (Å²) in [4.78, 5) is 14.8. The van der Waals surface area contributed by atoms with Crippen LogP contribution in [0.15, 0.2) is 36.7 Å². The number of rotatable bonds is 3. The van der Waals surface area contributed by atoms with E-state index in [1.54, 1.807) is 23.0 Å². The van der Waals surface area contributed by atoms with Crippen LogP contribution in [0.2, 0.25) is 0 Å². The number of hydrogen-bond acceptors (Lipinski definition) is 3. The molecule has 0 unspecified atom stereocenters. The molecule has 0 radical (unpaired) electrons. The molecule has 136 valence electrons. The standard InChI is InChI=1S/C19H22FN5O/c20-13-2-1-3-14(6-13)24-11-12(8-23-24)7-22-19(26)25-17-4-5-18(25)16-10-21-9-15(16)17/h1-3,6,8,11,15-18,21H,4-5,7,9-10H2,(H,22,26)/t15-,16+,17-,18+. The number of halogens is 1. The lowest BCUT2D eigenvalue weighted by molar-refractivity contribution is 0.184. The molecule has 2 N–H and O–H groups in total. The summed E-state index contributed by atoms with van der Waals surface area (Å²) < 4.78 is 15.0. The minimum Gasteiger partial charge on any atom is -0.334 e. The average molecular weight is 355 g/mol. The second kappa shape index (κ2) is 6.09. The molecule has 4 atom stereocenters. The topological polar surface area (TPSA) is 62.2 Å². The van der Waals surface area contributed by atoms with Gasteiger partial charge in [0.1, 0.15) is 5.82 Å². The van der Waals surface area contributed by atoms with Gasteiger partial charge in [-0.05, 0) is 42.9 Å². The number of nitrogens with zero attached hydrogens (tertiary/aromatic N) is 3. The van der Waals surface area contributed by atoms with Crippen LogP contribution in [-0.2, 0) is 6.54 Å². The van der Waals surface area contributed by atoms with E-state index < -0.39 is 0 Å². The van der Waals surface area contributed by atoms with E-state index in [1.807, 2.05) is 6.20 Å². The zero-order chi connectivity index (χ0) is 17.7. The Labute approximate surface area is 151 Å². The summed E-state index contributed by atoms with van der Waals surface area (Å²) in [7, 11) is 0. The predicted molar refractivity (Wildman–Crippen MR) is 94.3 cm³/mol. The summed E-state index contributed by atoms with van der Waals surface area (Å²) in [5, 5.41) is 10.8. The molecule has 3 aliphatic rings. The third-order valence-electron chi connectivity index (χ3n) is 6.16. The Kier molecular flexibility index (Phi) is 3.70. The minimum absolute atomic E-state index is 0.0328. The fraction of sp³-hybridized carbons (Fsp3) is 0.474. The summed E-state index contributed by atoms with van der Waals surface area (Å²) in [6, 6.07) is 7.10. The maximum Gasteiger partial charge on any atom is 0.318 e. The van der Waals surface area contributed by atoms with E-state index in [2.05, 4.69) is 20.6 Å². The van der Waals surface area contributed by atoms with E-state index in [1.165, 1.54) is 12.1 Å². The maximum atomic E-state index is 13.4. The molecule has 0 aliphatic carbocycles. The number of amides is 2. The van der Waals surface area contributed by atoms with Crippen LogP contribution in [0.4, 0.5) is 9.18 Å². The van der Waals surface area contributed by atoms with E-state index in [9.17, 15) is 9.18 Å². The molecule has 1 aromatic heterocycles. The quantitative estimate of drug-likeness (QED) is 0.884. The zero-order valence-corrected chi connectivity index (χ0v) is 14.4. The van der Waals surface area contributed by atoms with Crippen molar-refractivity contribution in [2.75, 3.05) is 13.1 Å². The van der Waals surface area contributed by atoms with Crippen LogP contribution < -0.4 is 10.6 Å². The van der Waals surface area contributed by atoms with Crippen molar-refractivity contribution in [3.63, 3.8) is 0 Å². The van der Waals surface area contributed by atoms with Gasteiger partial charge in [0.05, 0.1) is 11.9 Å². The largest absolute Gasteiger partial charge is 0.334 e. The van der Waals surface area contributed by atoms with E-state index >= 15 is 0 Å². The number of carbonyl (C=O) groups is 1. The van der Waals surface area contributed by atoms with Crippen LogP contribution in [0.3, 0.4) is 0 Å². The third-order valence-corrected chi connectivity index (χ3v) is 6.16. The predicted octanol–water partition coefficient (Wildman–Crippen LogP) is 1.90. The van der Waals surface area contributed by atoms with Crippen molar-refractivity contribution in [1.82, 2.24) is 25.3 Å². The van der Waals surface area contributed by atoms with Crippen LogP contribution in [0.5, 0.6) is 0 Å². The number of hydrogen-bond donors (Lipinski definition) is 2. The summed E-state index contributed by atoms with van der Waals surface area (Å²) in [6.07, 6.45) is 5.78. The van der Waals surface area contributed by atoms with Gasteiger partial charge in [-0.1, -0.05) is 6.07 Å². The van der Waals surface area contributed by atoms with Gasteiger partial charge in [-0.3, -0.25) is 0 Å². The van der Waals surface area contributed by atoms with Crippen molar-refractivity contribution in [1.29, 1.82) is 0 Å². The van der Waals surface area contributed by atoms with Crippen molar-refractivity contribution < 1.29 is 9.18 Å². The van der Waals surface area contributed by atoms with Crippen molar-refractivity contribution in [3.8, 4) is 5.69 Å². The van der Waals surface area contributed by atoms with E-state index in [0.717, 1.165) is 31.5 Å². The van der Waals surface area contributed by atoms with Crippen LogP contribution in [0, 0.1) is 17.7 Å². The van der Waals surface area contributed by atoms with Gasteiger partial charge < -0.3 is 15.5 Å². The molecule has 5 rings (SSSR count). The molecule has 3 saturated heterocycles. The maximum absolute atomic E-state index is 13.4. The Morgan fingerprint density at radius 2 is 2.04 bits per heavy atom. The molecule has 6 nitrogen and oxygen atoms in total. The average Bonchev–Trinajstić information content (AvgIpc) is 3.41. The van der Waals surface area contributed by atoms with Gasteiger partial charge in [0, 0.05) is 43.5 Å². The van der Waals surface area contributed by atoms with Gasteiger partial charge in [-0.15, -0.1) is 0 Å². The molecule has 2 amide bonds. The van der Waals surface area contributed by atoms with Gasteiger partial charge in [-0.2, -0.15) is 5.10 Å². The second-order valence-electron chi connectivity index (χ2n) is 7.54. The Hall–Kier alpha value is -2.41. The van der Waals surface area contributed by atoms with E-state index in [4.69, 9.17) is 0 Å². The number of aromatic nitrogens is 2. The first-order valence-electron chi connectivity index (χ1n) is 9.27. The second-order valence-corrected chi connectivity index (χ2v) is 7.54. The molecule has 3 aliphatic heterocycles. The van der Waals surface area contributed by atoms with Crippen LogP contribution in [-0.4, -0.2) is 45.9 Å². The summed E-state index contributed by atoms with van der Waals surface area (Å²) in [5.41, 5.74) is 1.57. The van der Waals surface area contributed by atoms with Crippen LogP contribution in [0.25, 0.3) is 5.69 Å². The normalized spacial score (nSPS) is 29.2. The van der Waals surface area contributed by atoms with E-state index in [0.29, 0.717) is 36.2 Å². The summed E-state index contributed by atoms with van der Waals surface area (Å²) in [5.74, 6) is 0.947. The van der Waals surface area contributed by atoms with Gasteiger partial charge in [0.25, 0.3) is 0 Å². The fourth-order valence-electron chi connectivity index (χ4n) is 5.05. The Balaban J connectivity index is 1.24. The van der Waals surface area contributed by atoms with Gasteiger partial charge in [0.15, 0.2) is 0 Å². The van der Waals surface area contributed by atoms with Gasteiger partial charge >= 0.3 is 6.03 Å². The van der Waals surface area contributed by atoms with Crippen molar-refractivity contribution in [2.24, 2.45) is 11.8 Å².